The van der Waals surface area contributed by atoms with Gasteiger partial charge in [0, 0.05) is 18.8 Å². The maximum absolute atomic E-state index is 12.9. The SMILES string of the molecule is O=C(NCc1ccnc(Oc2ccc(F)cc2)c1)c1ccccc1Cl. The average Bonchev–Trinajstić information content (AvgIpc) is 2.62. The number of halogens is 2. The summed E-state index contributed by atoms with van der Waals surface area (Å²) in [7, 11) is 0. The zero-order valence-electron chi connectivity index (χ0n) is 13.1. The number of rotatable bonds is 5. The van der Waals surface area contributed by atoms with Crippen molar-refractivity contribution in [1.82, 2.24) is 10.3 Å². The van der Waals surface area contributed by atoms with Gasteiger partial charge in [0.2, 0.25) is 5.88 Å². The van der Waals surface area contributed by atoms with Crippen molar-refractivity contribution in [3.63, 3.8) is 0 Å². The van der Waals surface area contributed by atoms with E-state index in [-0.39, 0.29) is 11.7 Å². The Bertz CT molecular complexity index is 885. The number of nitrogens with zero attached hydrogens (tertiary/aromatic N) is 1. The molecule has 3 rings (SSSR count). The van der Waals surface area contributed by atoms with E-state index in [9.17, 15) is 9.18 Å². The van der Waals surface area contributed by atoms with Gasteiger partial charge in [0.05, 0.1) is 10.6 Å². The van der Waals surface area contributed by atoms with Gasteiger partial charge in [-0.3, -0.25) is 4.79 Å². The molecule has 0 bridgehead atoms. The van der Waals surface area contributed by atoms with Crippen molar-refractivity contribution in [1.29, 1.82) is 0 Å². The maximum atomic E-state index is 12.9. The Hall–Kier alpha value is -2.92. The second kappa shape index (κ2) is 7.77. The minimum atomic E-state index is -0.337. The van der Waals surface area contributed by atoms with Crippen molar-refractivity contribution in [3.8, 4) is 11.6 Å². The van der Waals surface area contributed by atoms with Gasteiger partial charge in [0.15, 0.2) is 0 Å². The number of hydrogen-bond donors (Lipinski definition) is 1. The third-order valence-electron chi connectivity index (χ3n) is 3.41. The highest BCUT2D eigenvalue weighted by Crippen LogP contribution is 2.20. The first kappa shape index (κ1) is 16.9. The lowest BCUT2D eigenvalue weighted by atomic mass is 10.2. The number of carbonyl (C=O) groups is 1. The third kappa shape index (κ3) is 4.55. The molecule has 1 aromatic heterocycles. The van der Waals surface area contributed by atoms with Crippen molar-refractivity contribution in [2.75, 3.05) is 0 Å². The standard InChI is InChI=1S/C19H14ClFN2O2/c20-17-4-2-1-3-16(17)19(24)23-12-13-9-10-22-18(11-13)25-15-7-5-14(21)6-8-15/h1-11H,12H2,(H,23,24). The molecule has 0 unspecified atom stereocenters. The number of hydrogen-bond acceptors (Lipinski definition) is 3. The molecule has 0 aliphatic heterocycles. The van der Waals surface area contributed by atoms with Crippen molar-refractivity contribution >= 4 is 17.5 Å². The molecule has 1 N–H and O–H groups in total. The number of ether oxygens (including phenoxy) is 1. The minimum absolute atomic E-state index is 0.261. The molecule has 2 aromatic carbocycles. The van der Waals surface area contributed by atoms with Crippen LogP contribution in [0.4, 0.5) is 4.39 Å². The number of pyridine rings is 1. The number of nitrogens with one attached hydrogen (secondary N) is 1. The van der Waals surface area contributed by atoms with E-state index >= 15 is 0 Å². The van der Waals surface area contributed by atoms with Crippen LogP contribution in [0.2, 0.25) is 5.02 Å². The number of benzene rings is 2. The molecule has 4 nitrogen and oxygen atoms in total. The quantitative estimate of drug-likeness (QED) is 0.727. The molecule has 0 aliphatic carbocycles. The second-order valence-electron chi connectivity index (χ2n) is 5.22. The fraction of sp³-hybridized carbons (Fsp3) is 0.0526. The van der Waals surface area contributed by atoms with E-state index in [1.54, 1.807) is 42.6 Å². The van der Waals surface area contributed by atoms with Crippen LogP contribution >= 0.6 is 11.6 Å². The fourth-order valence-corrected chi connectivity index (χ4v) is 2.38. The molecule has 0 fully saturated rings. The first-order valence-electron chi connectivity index (χ1n) is 7.53. The van der Waals surface area contributed by atoms with Crippen molar-refractivity contribution in [2.45, 2.75) is 6.54 Å². The Labute approximate surface area is 149 Å². The first-order chi connectivity index (χ1) is 12.1. The molecule has 0 aliphatic rings. The van der Waals surface area contributed by atoms with E-state index in [1.807, 2.05) is 0 Å². The lowest BCUT2D eigenvalue weighted by molar-refractivity contribution is 0.0951. The zero-order valence-corrected chi connectivity index (χ0v) is 13.8. The van der Waals surface area contributed by atoms with Gasteiger partial charge in [-0.05, 0) is 48.0 Å². The molecule has 3 aromatic rings. The summed E-state index contributed by atoms with van der Waals surface area (Å²) in [5, 5.41) is 3.20. The summed E-state index contributed by atoms with van der Waals surface area (Å²) in [6.07, 6.45) is 1.58. The molecular weight excluding hydrogens is 343 g/mol. The van der Waals surface area contributed by atoms with Gasteiger partial charge in [0.25, 0.3) is 5.91 Å². The van der Waals surface area contributed by atoms with Crippen molar-refractivity contribution in [3.05, 3.63) is 88.8 Å². The van der Waals surface area contributed by atoms with E-state index < -0.39 is 0 Å². The highest BCUT2D eigenvalue weighted by molar-refractivity contribution is 6.33. The summed E-state index contributed by atoms with van der Waals surface area (Å²) >= 11 is 6.01. The van der Waals surface area contributed by atoms with Crippen LogP contribution in [0.3, 0.4) is 0 Å². The van der Waals surface area contributed by atoms with Crippen LogP contribution in [0.5, 0.6) is 11.6 Å². The lowest BCUT2D eigenvalue weighted by Crippen LogP contribution is -2.23. The van der Waals surface area contributed by atoms with Gasteiger partial charge in [0.1, 0.15) is 11.6 Å². The van der Waals surface area contributed by atoms with Gasteiger partial charge in [-0.2, -0.15) is 0 Å². The Morgan fingerprint density at radius 3 is 2.64 bits per heavy atom. The normalized spacial score (nSPS) is 10.3. The van der Waals surface area contributed by atoms with E-state index in [2.05, 4.69) is 10.3 Å². The highest BCUT2D eigenvalue weighted by atomic mass is 35.5. The second-order valence-corrected chi connectivity index (χ2v) is 5.63. The van der Waals surface area contributed by atoms with Gasteiger partial charge in [-0.25, -0.2) is 9.37 Å². The van der Waals surface area contributed by atoms with Crippen LogP contribution in [0, 0.1) is 5.82 Å². The molecule has 1 amide bonds. The molecule has 126 valence electrons. The van der Waals surface area contributed by atoms with Gasteiger partial charge in [-0.1, -0.05) is 23.7 Å². The lowest BCUT2D eigenvalue weighted by Gasteiger charge is -2.09. The summed E-state index contributed by atoms with van der Waals surface area (Å²) in [6, 6.07) is 16.0. The predicted molar refractivity (Wildman–Crippen MR) is 93.3 cm³/mol. The third-order valence-corrected chi connectivity index (χ3v) is 3.74. The van der Waals surface area contributed by atoms with Crippen LogP contribution in [-0.2, 0) is 6.54 Å². The van der Waals surface area contributed by atoms with Gasteiger partial charge < -0.3 is 10.1 Å². The zero-order chi connectivity index (χ0) is 17.6. The largest absolute Gasteiger partial charge is 0.439 e. The van der Waals surface area contributed by atoms with E-state index in [1.165, 1.54) is 24.3 Å². The van der Waals surface area contributed by atoms with Crippen LogP contribution in [0.15, 0.2) is 66.9 Å². The van der Waals surface area contributed by atoms with E-state index in [0.717, 1.165) is 5.56 Å². The molecule has 0 radical (unpaired) electrons. The summed E-state index contributed by atoms with van der Waals surface area (Å²) < 4.78 is 18.5. The Kier molecular flexibility index (Phi) is 5.26. The molecule has 25 heavy (non-hydrogen) atoms. The summed E-state index contributed by atoms with van der Waals surface area (Å²) in [5.41, 5.74) is 1.23. The van der Waals surface area contributed by atoms with Crippen molar-refractivity contribution in [2.24, 2.45) is 0 Å². The Morgan fingerprint density at radius 1 is 1.12 bits per heavy atom. The van der Waals surface area contributed by atoms with Crippen LogP contribution < -0.4 is 10.1 Å². The Balaban J connectivity index is 1.64. The molecule has 1 heterocycles. The number of amides is 1. The highest BCUT2D eigenvalue weighted by Gasteiger charge is 2.09. The summed E-state index contributed by atoms with van der Waals surface area (Å²) in [6.45, 7) is 0.298. The molecular formula is C19H14ClFN2O2. The van der Waals surface area contributed by atoms with Gasteiger partial charge in [-0.15, -0.1) is 0 Å². The summed E-state index contributed by atoms with van der Waals surface area (Å²) in [5.74, 6) is 0.238. The maximum Gasteiger partial charge on any atom is 0.253 e. The predicted octanol–water partition coefficient (Wildman–Crippen LogP) is 4.60. The fourth-order valence-electron chi connectivity index (χ4n) is 2.16. The van der Waals surface area contributed by atoms with E-state index in [4.69, 9.17) is 16.3 Å². The molecule has 0 saturated heterocycles. The summed E-state index contributed by atoms with van der Waals surface area (Å²) in [4.78, 5) is 16.3. The first-order valence-corrected chi connectivity index (χ1v) is 7.91. The number of carbonyl (C=O) groups excluding carboxylic acids is 1. The van der Waals surface area contributed by atoms with Crippen molar-refractivity contribution < 1.29 is 13.9 Å². The van der Waals surface area contributed by atoms with Crippen LogP contribution in [0.25, 0.3) is 0 Å². The molecule has 0 atom stereocenters. The minimum Gasteiger partial charge on any atom is -0.439 e. The topological polar surface area (TPSA) is 51.2 Å². The van der Waals surface area contributed by atoms with Crippen LogP contribution in [0.1, 0.15) is 15.9 Å². The molecule has 0 saturated carbocycles. The van der Waals surface area contributed by atoms with Gasteiger partial charge >= 0.3 is 0 Å². The van der Waals surface area contributed by atoms with Crippen LogP contribution in [-0.4, -0.2) is 10.9 Å². The monoisotopic (exact) mass is 356 g/mol. The Morgan fingerprint density at radius 2 is 1.88 bits per heavy atom. The molecule has 6 heteroatoms. The smallest absolute Gasteiger partial charge is 0.253 e. The van der Waals surface area contributed by atoms with E-state index in [0.29, 0.717) is 28.8 Å². The number of aromatic nitrogens is 1. The molecule has 0 spiro atoms. The average molecular weight is 357 g/mol.